The largest absolute Gasteiger partial charge is 0.321 e. The zero-order chi connectivity index (χ0) is 13.7. The predicted molar refractivity (Wildman–Crippen MR) is 78.6 cm³/mol. The summed E-state index contributed by atoms with van der Waals surface area (Å²) in [6.45, 7) is 3.76. The Labute approximate surface area is 115 Å². The molecule has 0 saturated carbocycles. The average molecular weight is 255 g/mol. The Morgan fingerprint density at radius 2 is 1.74 bits per heavy atom. The van der Waals surface area contributed by atoms with E-state index in [-0.39, 0.29) is 5.54 Å². The number of rotatable bonds is 5. The molecular formula is C16H21N3. The summed E-state index contributed by atoms with van der Waals surface area (Å²) in [6.07, 6.45) is 3.64. The zero-order valence-electron chi connectivity index (χ0n) is 11.6. The van der Waals surface area contributed by atoms with Crippen LogP contribution in [-0.4, -0.2) is 23.5 Å². The van der Waals surface area contributed by atoms with Crippen LogP contribution in [0.25, 0.3) is 0 Å². The Hall–Kier alpha value is -1.71. The molecule has 0 aliphatic heterocycles. The van der Waals surface area contributed by atoms with Crippen molar-refractivity contribution in [3.8, 4) is 0 Å². The number of hydrogen-bond donors (Lipinski definition) is 1. The van der Waals surface area contributed by atoms with Gasteiger partial charge in [-0.15, -0.1) is 0 Å². The van der Waals surface area contributed by atoms with Crippen LogP contribution in [0, 0.1) is 0 Å². The molecule has 0 fully saturated rings. The second kappa shape index (κ2) is 5.95. The summed E-state index contributed by atoms with van der Waals surface area (Å²) in [5, 5.41) is 0. The van der Waals surface area contributed by atoms with Crippen LogP contribution in [0.4, 0.5) is 0 Å². The summed E-state index contributed by atoms with van der Waals surface area (Å²) in [6, 6.07) is 14.3. The van der Waals surface area contributed by atoms with Gasteiger partial charge < -0.3 is 5.73 Å². The molecule has 1 aromatic carbocycles. The molecule has 2 N–H and O–H groups in total. The highest BCUT2D eigenvalue weighted by Gasteiger charge is 2.22. The van der Waals surface area contributed by atoms with Gasteiger partial charge in [-0.2, -0.15) is 0 Å². The summed E-state index contributed by atoms with van der Waals surface area (Å²) < 4.78 is 0. The van der Waals surface area contributed by atoms with Crippen LogP contribution in [0.2, 0.25) is 0 Å². The minimum atomic E-state index is -0.344. The van der Waals surface area contributed by atoms with E-state index >= 15 is 0 Å². The van der Waals surface area contributed by atoms with Crippen LogP contribution in [-0.2, 0) is 12.1 Å². The Kier molecular flexibility index (Phi) is 4.30. The number of nitrogens with zero attached hydrogens (tertiary/aromatic N) is 2. The monoisotopic (exact) mass is 255 g/mol. The van der Waals surface area contributed by atoms with Crippen molar-refractivity contribution < 1.29 is 0 Å². The topological polar surface area (TPSA) is 42.2 Å². The van der Waals surface area contributed by atoms with E-state index in [1.807, 2.05) is 42.7 Å². The second-order valence-corrected chi connectivity index (χ2v) is 5.31. The minimum Gasteiger partial charge on any atom is -0.321 e. The van der Waals surface area contributed by atoms with E-state index in [1.54, 1.807) is 0 Å². The fourth-order valence-electron chi connectivity index (χ4n) is 2.33. The summed E-state index contributed by atoms with van der Waals surface area (Å²) in [5.74, 6) is 0. The number of hydrogen-bond acceptors (Lipinski definition) is 3. The van der Waals surface area contributed by atoms with E-state index in [9.17, 15) is 0 Å². The van der Waals surface area contributed by atoms with E-state index in [0.29, 0.717) is 0 Å². The van der Waals surface area contributed by atoms with Crippen molar-refractivity contribution in [2.75, 3.05) is 13.6 Å². The molecule has 1 atom stereocenters. The Morgan fingerprint density at radius 1 is 1.11 bits per heavy atom. The number of likely N-dealkylation sites (N-methyl/N-ethyl adjacent to an activating group) is 1. The first-order valence-electron chi connectivity index (χ1n) is 6.50. The quantitative estimate of drug-likeness (QED) is 0.892. The molecule has 0 bridgehead atoms. The molecule has 0 aliphatic rings. The maximum atomic E-state index is 6.44. The van der Waals surface area contributed by atoms with E-state index in [1.165, 1.54) is 5.56 Å². The van der Waals surface area contributed by atoms with Gasteiger partial charge in [-0.3, -0.25) is 9.88 Å². The molecule has 3 heteroatoms. The van der Waals surface area contributed by atoms with Crippen molar-refractivity contribution in [1.82, 2.24) is 9.88 Å². The number of benzene rings is 1. The SMILES string of the molecule is CN(Cc1ccncc1)CC(C)(N)c1ccccc1. The third-order valence-corrected chi connectivity index (χ3v) is 3.23. The Morgan fingerprint density at radius 3 is 2.37 bits per heavy atom. The molecule has 1 aromatic heterocycles. The third-order valence-electron chi connectivity index (χ3n) is 3.23. The number of nitrogens with two attached hydrogens (primary N) is 1. The van der Waals surface area contributed by atoms with Crippen LogP contribution >= 0.6 is 0 Å². The summed E-state index contributed by atoms with van der Waals surface area (Å²) >= 11 is 0. The highest BCUT2D eigenvalue weighted by Crippen LogP contribution is 2.19. The Balaban J connectivity index is 2.00. The lowest BCUT2D eigenvalue weighted by Gasteiger charge is -2.30. The van der Waals surface area contributed by atoms with Crippen molar-refractivity contribution in [3.63, 3.8) is 0 Å². The molecule has 0 radical (unpaired) electrons. The maximum Gasteiger partial charge on any atom is 0.0509 e. The van der Waals surface area contributed by atoms with Crippen molar-refractivity contribution >= 4 is 0 Å². The van der Waals surface area contributed by atoms with Crippen molar-refractivity contribution in [2.45, 2.75) is 19.0 Å². The van der Waals surface area contributed by atoms with Crippen molar-refractivity contribution in [1.29, 1.82) is 0 Å². The van der Waals surface area contributed by atoms with Crippen LogP contribution < -0.4 is 5.73 Å². The lowest BCUT2D eigenvalue weighted by atomic mass is 9.92. The molecule has 1 heterocycles. The average Bonchev–Trinajstić information content (AvgIpc) is 2.40. The van der Waals surface area contributed by atoms with Gasteiger partial charge in [0.05, 0.1) is 5.54 Å². The maximum absolute atomic E-state index is 6.44. The van der Waals surface area contributed by atoms with Crippen LogP contribution in [0.3, 0.4) is 0 Å². The van der Waals surface area contributed by atoms with Gasteiger partial charge in [-0.25, -0.2) is 0 Å². The second-order valence-electron chi connectivity index (χ2n) is 5.31. The molecule has 2 aromatic rings. The van der Waals surface area contributed by atoms with Gasteiger partial charge in [-0.05, 0) is 37.2 Å². The molecule has 19 heavy (non-hydrogen) atoms. The molecule has 0 spiro atoms. The van der Waals surface area contributed by atoms with E-state index in [0.717, 1.165) is 18.7 Å². The third kappa shape index (κ3) is 3.88. The first-order chi connectivity index (χ1) is 9.08. The molecule has 3 nitrogen and oxygen atoms in total. The van der Waals surface area contributed by atoms with Gasteiger partial charge in [-0.1, -0.05) is 30.3 Å². The number of pyridine rings is 1. The van der Waals surface area contributed by atoms with Crippen molar-refractivity contribution in [2.24, 2.45) is 5.73 Å². The molecule has 0 amide bonds. The van der Waals surface area contributed by atoms with Gasteiger partial charge in [0.25, 0.3) is 0 Å². The highest BCUT2D eigenvalue weighted by atomic mass is 15.1. The molecular weight excluding hydrogens is 234 g/mol. The lowest BCUT2D eigenvalue weighted by molar-refractivity contribution is 0.253. The molecule has 0 aliphatic carbocycles. The first kappa shape index (κ1) is 13.7. The van der Waals surface area contributed by atoms with Crippen LogP contribution in [0.15, 0.2) is 54.9 Å². The normalized spacial score (nSPS) is 14.3. The fraction of sp³-hybridized carbons (Fsp3) is 0.312. The zero-order valence-corrected chi connectivity index (χ0v) is 11.6. The van der Waals surface area contributed by atoms with Gasteiger partial charge in [0.15, 0.2) is 0 Å². The summed E-state index contributed by atoms with van der Waals surface area (Å²) in [7, 11) is 2.09. The van der Waals surface area contributed by atoms with Gasteiger partial charge in [0.2, 0.25) is 0 Å². The van der Waals surface area contributed by atoms with E-state index < -0.39 is 0 Å². The molecule has 1 unspecified atom stereocenters. The van der Waals surface area contributed by atoms with Crippen molar-refractivity contribution in [3.05, 3.63) is 66.0 Å². The van der Waals surface area contributed by atoms with Gasteiger partial charge in [0, 0.05) is 25.5 Å². The standard InChI is InChI=1S/C16H21N3/c1-16(17,15-6-4-3-5-7-15)13-19(2)12-14-8-10-18-11-9-14/h3-11H,12-13,17H2,1-2H3. The Bertz CT molecular complexity index is 494. The summed E-state index contributed by atoms with van der Waals surface area (Å²) in [4.78, 5) is 6.27. The smallest absolute Gasteiger partial charge is 0.0509 e. The fourth-order valence-corrected chi connectivity index (χ4v) is 2.33. The van der Waals surface area contributed by atoms with E-state index in [4.69, 9.17) is 5.73 Å². The van der Waals surface area contributed by atoms with E-state index in [2.05, 4.69) is 36.0 Å². The molecule has 100 valence electrons. The summed E-state index contributed by atoms with van der Waals surface area (Å²) in [5.41, 5.74) is 8.51. The van der Waals surface area contributed by atoms with Crippen LogP contribution in [0.1, 0.15) is 18.1 Å². The van der Waals surface area contributed by atoms with Gasteiger partial charge >= 0.3 is 0 Å². The first-order valence-corrected chi connectivity index (χ1v) is 6.50. The molecule has 0 saturated heterocycles. The predicted octanol–water partition coefficient (Wildman–Crippen LogP) is 2.39. The molecule has 2 rings (SSSR count). The minimum absolute atomic E-state index is 0.344. The highest BCUT2D eigenvalue weighted by molar-refractivity contribution is 5.23. The lowest BCUT2D eigenvalue weighted by Crippen LogP contribution is -2.43. The van der Waals surface area contributed by atoms with Gasteiger partial charge in [0.1, 0.15) is 0 Å². The number of aromatic nitrogens is 1. The van der Waals surface area contributed by atoms with Crippen LogP contribution in [0.5, 0.6) is 0 Å².